The highest BCUT2D eigenvalue weighted by Gasteiger charge is 2.13. The van der Waals surface area contributed by atoms with Gasteiger partial charge in [0.05, 0.1) is 9.17 Å². The zero-order valence-electron chi connectivity index (χ0n) is 8.26. The van der Waals surface area contributed by atoms with Gasteiger partial charge in [-0.2, -0.15) is 0 Å². The first kappa shape index (κ1) is 10.6. The average Bonchev–Trinajstić information content (AvgIpc) is 2.43. The van der Waals surface area contributed by atoms with Crippen molar-refractivity contribution in [3.05, 3.63) is 30.2 Å². The Morgan fingerprint density at radius 2 is 2.13 bits per heavy atom. The van der Waals surface area contributed by atoms with E-state index in [1.807, 2.05) is 6.92 Å². The molecule has 0 aliphatic heterocycles. The molecule has 0 unspecified atom stereocenters. The van der Waals surface area contributed by atoms with Gasteiger partial charge in [-0.05, 0) is 35.3 Å². The van der Waals surface area contributed by atoms with Gasteiger partial charge in [0.25, 0.3) is 5.56 Å². The number of hydrogen-bond donors (Lipinski definition) is 1. The third kappa shape index (κ3) is 1.48. The molecule has 2 heterocycles. The van der Waals surface area contributed by atoms with Crippen molar-refractivity contribution in [1.29, 1.82) is 0 Å². The van der Waals surface area contributed by atoms with Crippen LogP contribution in [0.4, 0.5) is 0 Å². The number of aryl methyl sites for hydroxylation is 1. The number of halogens is 1. The van der Waals surface area contributed by atoms with Gasteiger partial charge in [-0.25, -0.2) is 4.79 Å². The second kappa shape index (κ2) is 3.61. The number of aromatic nitrogens is 2. The third-order valence-corrected chi connectivity index (χ3v) is 4.41. The molecule has 0 saturated carbocycles. The standard InChI is InChI=1S/C9H9BrN2O2S/c1-3-12-8(13)5-4(2)6(10)15-7(5)11-9(12)14/h3H2,1-2H3,(H,11,14). The number of nitrogens with zero attached hydrogens (tertiary/aromatic N) is 1. The summed E-state index contributed by atoms with van der Waals surface area (Å²) < 4.78 is 2.09. The van der Waals surface area contributed by atoms with Crippen LogP contribution in [0, 0.1) is 6.92 Å². The molecule has 2 rings (SSSR count). The second-order valence-electron chi connectivity index (χ2n) is 3.18. The van der Waals surface area contributed by atoms with Crippen molar-refractivity contribution in [2.75, 3.05) is 0 Å². The van der Waals surface area contributed by atoms with Gasteiger partial charge in [-0.15, -0.1) is 11.3 Å². The Hall–Kier alpha value is -0.880. The Balaban J connectivity index is 3.06. The van der Waals surface area contributed by atoms with Gasteiger partial charge in [-0.3, -0.25) is 14.3 Å². The molecule has 0 radical (unpaired) electrons. The minimum absolute atomic E-state index is 0.212. The molecule has 1 N–H and O–H groups in total. The molecule has 6 heteroatoms. The molecule has 80 valence electrons. The van der Waals surface area contributed by atoms with E-state index in [4.69, 9.17) is 0 Å². The molecule has 0 spiro atoms. The van der Waals surface area contributed by atoms with E-state index in [9.17, 15) is 9.59 Å². The van der Waals surface area contributed by atoms with E-state index >= 15 is 0 Å². The van der Waals surface area contributed by atoms with Gasteiger partial charge in [0.1, 0.15) is 4.83 Å². The molecule has 0 aliphatic rings. The maximum absolute atomic E-state index is 11.9. The zero-order valence-corrected chi connectivity index (χ0v) is 10.7. The number of thiophene rings is 1. The molecule has 0 atom stereocenters. The summed E-state index contributed by atoms with van der Waals surface area (Å²) in [6.45, 7) is 4.03. The van der Waals surface area contributed by atoms with Crippen LogP contribution >= 0.6 is 27.3 Å². The van der Waals surface area contributed by atoms with Crippen LogP contribution in [-0.4, -0.2) is 9.55 Å². The van der Waals surface area contributed by atoms with Gasteiger partial charge in [0.15, 0.2) is 0 Å². The van der Waals surface area contributed by atoms with Crippen LogP contribution in [0.5, 0.6) is 0 Å². The van der Waals surface area contributed by atoms with E-state index in [0.29, 0.717) is 16.8 Å². The molecule has 0 amide bonds. The maximum Gasteiger partial charge on any atom is 0.329 e. The van der Waals surface area contributed by atoms with Crippen molar-refractivity contribution in [3.8, 4) is 0 Å². The maximum atomic E-state index is 11.9. The number of aromatic amines is 1. The summed E-state index contributed by atoms with van der Waals surface area (Å²) in [5.41, 5.74) is 0.331. The second-order valence-corrected chi connectivity index (χ2v) is 5.52. The summed E-state index contributed by atoms with van der Waals surface area (Å²) >= 11 is 4.74. The van der Waals surface area contributed by atoms with Gasteiger partial charge in [-0.1, -0.05) is 0 Å². The number of nitrogens with one attached hydrogen (secondary N) is 1. The third-order valence-electron chi connectivity index (χ3n) is 2.33. The lowest BCUT2D eigenvalue weighted by molar-refractivity contribution is 0.685. The first-order chi connectivity index (χ1) is 7.06. The SMILES string of the molecule is CCn1c(=O)[nH]c2sc(Br)c(C)c2c1=O. The summed E-state index contributed by atoms with van der Waals surface area (Å²) in [5, 5.41) is 0.605. The van der Waals surface area contributed by atoms with Crippen molar-refractivity contribution in [1.82, 2.24) is 9.55 Å². The number of hydrogen-bond acceptors (Lipinski definition) is 3. The molecule has 4 nitrogen and oxygen atoms in total. The molecule has 15 heavy (non-hydrogen) atoms. The Morgan fingerprint density at radius 3 is 2.73 bits per heavy atom. The van der Waals surface area contributed by atoms with Crippen LogP contribution in [-0.2, 0) is 6.54 Å². The van der Waals surface area contributed by atoms with E-state index in [2.05, 4.69) is 20.9 Å². The molecule has 0 saturated heterocycles. The molecular weight excluding hydrogens is 280 g/mol. The normalized spacial score (nSPS) is 11.1. The molecular formula is C9H9BrN2O2S. The van der Waals surface area contributed by atoms with E-state index in [1.165, 1.54) is 15.9 Å². The summed E-state index contributed by atoms with van der Waals surface area (Å²) in [7, 11) is 0. The van der Waals surface area contributed by atoms with Crippen LogP contribution in [0.3, 0.4) is 0 Å². The van der Waals surface area contributed by atoms with Crippen LogP contribution < -0.4 is 11.2 Å². The largest absolute Gasteiger partial charge is 0.329 e. The highest BCUT2D eigenvalue weighted by molar-refractivity contribution is 9.11. The Morgan fingerprint density at radius 1 is 1.47 bits per heavy atom. The van der Waals surface area contributed by atoms with Crippen molar-refractivity contribution in [3.63, 3.8) is 0 Å². The van der Waals surface area contributed by atoms with Gasteiger partial charge in [0.2, 0.25) is 0 Å². The Bertz CT molecular complexity index is 638. The van der Waals surface area contributed by atoms with Crippen LogP contribution in [0.1, 0.15) is 12.5 Å². The van der Waals surface area contributed by atoms with E-state index in [-0.39, 0.29) is 11.2 Å². The highest BCUT2D eigenvalue weighted by atomic mass is 79.9. The lowest BCUT2D eigenvalue weighted by Crippen LogP contribution is -2.34. The summed E-state index contributed by atoms with van der Waals surface area (Å²) in [5.74, 6) is 0. The Kier molecular flexibility index (Phi) is 2.56. The predicted molar refractivity (Wildman–Crippen MR) is 64.8 cm³/mol. The van der Waals surface area contributed by atoms with Gasteiger partial charge < -0.3 is 0 Å². The highest BCUT2D eigenvalue weighted by Crippen LogP contribution is 2.30. The van der Waals surface area contributed by atoms with Gasteiger partial charge in [0, 0.05) is 6.54 Å². The fraction of sp³-hybridized carbons (Fsp3) is 0.333. The lowest BCUT2D eigenvalue weighted by atomic mass is 10.3. The van der Waals surface area contributed by atoms with Crippen LogP contribution in [0.15, 0.2) is 13.4 Å². The first-order valence-corrected chi connectivity index (χ1v) is 6.09. The fourth-order valence-corrected chi connectivity index (χ4v) is 3.11. The van der Waals surface area contributed by atoms with Crippen molar-refractivity contribution in [2.24, 2.45) is 0 Å². The quantitative estimate of drug-likeness (QED) is 0.871. The molecule has 2 aromatic rings. The predicted octanol–water partition coefficient (Wildman–Crippen LogP) is 1.84. The van der Waals surface area contributed by atoms with Crippen LogP contribution in [0.25, 0.3) is 10.2 Å². The van der Waals surface area contributed by atoms with E-state index < -0.39 is 0 Å². The minimum Gasteiger partial charge on any atom is -0.298 e. The van der Waals surface area contributed by atoms with Crippen molar-refractivity contribution in [2.45, 2.75) is 20.4 Å². The number of fused-ring (bicyclic) bond motifs is 1. The van der Waals surface area contributed by atoms with Crippen molar-refractivity contribution >= 4 is 37.5 Å². The summed E-state index contributed by atoms with van der Waals surface area (Å²) in [6, 6.07) is 0. The first-order valence-electron chi connectivity index (χ1n) is 4.48. The average molecular weight is 289 g/mol. The molecule has 0 aliphatic carbocycles. The number of rotatable bonds is 1. The number of H-pyrrole nitrogens is 1. The summed E-state index contributed by atoms with van der Waals surface area (Å²) in [6.07, 6.45) is 0. The minimum atomic E-state index is -0.344. The summed E-state index contributed by atoms with van der Waals surface area (Å²) in [4.78, 5) is 26.8. The topological polar surface area (TPSA) is 54.9 Å². The van der Waals surface area contributed by atoms with E-state index in [0.717, 1.165) is 9.35 Å². The molecule has 2 aromatic heterocycles. The zero-order chi connectivity index (χ0) is 11.2. The van der Waals surface area contributed by atoms with Crippen molar-refractivity contribution < 1.29 is 0 Å². The van der Waals surface area contributed by atoms with Gasteiger partial charge >= 0.3 is 5.69 Å². The van der Waals surface area contributed by atoms with Crippen LogP contribution in [0.2, 0.25) is 0 Å². The molecule has 0 fully saturated rings. The van der Waals surface area contributed by atoms with E-state index in [1.54, 1.807) is 6.92 Å². The molecule has 0 bridgehead atoms. The fourth-order valence-electron chi connectivity index (χ4n) is 1.51. The lowest BCUT2D eigenvalue weighted by Gasteiger charge is -1.99. The Labute approximate surface area is 97.7 Å². The molecule has 0 aromatic carbocycles. The smallest absolute Gasteiger partial charge is 0.298 e. The monoisotopic (exact) mass is 288 g/mol.